The molecule has 1 fully saturated rings. The van der Waals surface area contributed by atoms with E-state index in [1.807, 2.05) is 36.4 Å². The zero-order valence-corrected chi connectivity index (χ0v) is 16.1. The lowest BCUT2D eigenvalue weighted by Crippen LogP contribution is -2.27. The highest BCUT2D eigenvalue weighted by atomic mass is 32.2. The van der Waals surface area contributed by atoms with E-state index < -0.39 is 0 Å². The van der Waals surface area contributed by atoms with Crippen molar-refractivity contribution in [2.75, 3.05) is 4.90 Å². The Labute approximate surface area is 162 Å². The average molecular weight is 376 g/mol. The summed E-state index contributed by atoms with van der Waals surface area (Å²) in [5, 5.41) is 0.826. The summed E-state index contributed by atoms with van der Waals surface area (Å²) in [6.45, 7) is 4.34. The maximum absolute atomic E-state index is 12.9. The van der Waals surface area contributed by atoms with Crippen LogP contribution in [-0.4, -0.2) is 15.7 Å². The van der Waals surface area contributed by atoms with Gasteiger partial charge in [0.05, 0.1) is 10.6 Å². The molecule has 1 aliphatic rings. The summed E-state index contributed by atoms with van der Waals surface area (Å²) in [4.78, 5) is 27.0. The Balaban J connectivity index is 1.77. The number of benzene rings is 2. The van der Waals surface area contributed by atoms with E-state index in [2.05, 4.69) is 36.7 Å². The quantitative estimate of drug-likeness (QED) is 0.536. The number of fused-ring (bicyclic) bond motifs is 1. The van der Waals surface area contributed by atoms with Crippen molar-refractivity contribution >= 4 is 45.6 Å². The van der Waals surface area contributed by atoms with Crippen LogP contribution in [0.3, 0.4) is 0 Å². The lowest BCUT2D eigenvalue weighted by atomic mass is 10.1. The van der Waals surface area contributed by atoms with Gasteiger partial charge in [-0.25, -0.2) is 4.90 Å². The molecule has 0 radical (unpaired) electrons. The minimum absolute atomic E-state index is 0.261. The Morgan fingerprint density at radius 2 is 1.74 bits per heavy atom. The predicted molar refractivity (Wildman–Crippen MR) is 112 cm³/mol. The van der Waals surface area contributed by atoms with Gasteiger partial charge in [-0.2, -0.15) is 0 Å². The van der Waals surface area contributed by atoms with Crippen molar-refractivity contribution in [2.24, 2.45) is 0 Å². The van der Waals surface area contributed by atoms with E-state index in [0.29, 0.717) is 16.6 Å². The predicted octanol–water partition coefficient (Wildman–Crippen LogP) is 5.85. The molecule has 0 N–H and O–H groups in total. The smallest absolute Gasteiger partial charge is 0.298 e. The van der Waals surface area contributed by atoms with Gasteiger partial charge < -0.3 is 4.57 Å². The lowest BCUT2D eigenvalue weighted by Gasteiger charge is -2.12. The van der Waals surface area contributed by atoms with Crippen LogP contribution >= 0.6 is 11.8 Å². The van der Waals surface area contributed by atoms with Crippen LogP contribution in [0.25, 0.3) is 17.0 Å². The van der Waals surface area contributed by atoms with Crippen molar-refractivity contribution in [1.82, 2.24) is 4.57 Å². The minimum atomic E-state index is -0.267. The molecule has 1 saturated heterocycles. The highest BCUT2D eigenvalue weighted by molar-refractivity contribution is 8.19. The van der Waals surface area contributed by atoms with Gasteiger partial charge in [-0.05, 0) is 49.4 Å². The first-order chi connectivity index (χ1) is 13.1. The number of aromatic nitrogens is 1. The molecule has 4 rings (SSSR count). The van der Waals surface area contributed by atoms with Crippen molar-refractivity contribution in [3.05, 3.63) is 71.3 Å². The molecule has 1 atom stereocenters. The van der Waals surface area contributed by atoms with Crippen LogP contribution in [0.15, 0.2) is 65.7 Å². The monoisotopic (exact) mass is 376 g/mol. The molecular weight excluding hydrogens is 356 g/mol. The van der Waals surface area contributed by atoms with Crippen molar-refractivity contribution in [3.63, 3.8) is 0 Å². The second-order valence-electron chi connectivity index (χ2n) is 6.62. The fraction of sp³-hybridized carbons (Fsp3) is 0.182. The highest BCUT2D eigenvalue weighted by Gasteiger charge is 2.36. The number of hydrogen-bond donors (Lipinski definition) is 0. The third kappa shape index (κ3) is 3.08. The first kappa shape index (κ1) is 17.6. The van der Waals surface area contributed by atoms with Gasteiger partial charge in [0.25, 0.3) is 11.1 Å². The fourth-order valence-corrected chi connectivity index (χ4v) is 4.15. The SMILES string of the molecule is CC[C@@H](C)n1cc(/C=C2/SC(=O)N(c3ccccc3)C2=O)c2ccccc21. The van der Waals surface area contributed by atoms with Crippen LogP contribution in [0.1, 0.15) is 31.9 Å². The molecular formula is C22H20N2O2S. The number of para-hydroxylation sites is 2. The molecule has 27 heavy (non-hydrogen) atoms. The largest absolute Gasteiger partial charge is 0.344 e. The van der Waals surface area contributed by atoms with Crippen LogP contribution in [0, 0.1) is 0 Å². The number of imide groups is 1. The van der Waals surface area contributed by atoms with Gasteiger partial charge in [0, 0.05) is 28.7 Å². The molecule has 0 aliphatic carbocycles. The van der Waals surface area contributed by atoms with Crippen LogP contribution in [0.5, 0.6) is 0 Å². The summed E-state index contributed by atoms with van der Waals surface area (Å²) in [7, 11) is 0. The summed E-state index contributed by atoms with van der Waals surface area (Å²) in [6, 6.07) is 17.6. The van der Waals surface area contributed by atoms with Crippen molar-refractivity contribution in [2.45, 2.75) is 26.3 Å². The fourth-order valence-electron chi connectivity index (χ4n) is 3.32. The van der Waals surface area contributed by atoms with E-state index in [0.717, 1.165) is 34.6 Å². The number of amides is 2. The van der Waals surface area contributed by atoms with Crippen LogP contribution in [0.2, 0.25) is 0 Å². The molecule has 2 aromatic carbocycles. The number of carbonyl (C=O) groups excluding carboxylic acids is 2. The number of anilines is 1. The summed E-state index contributed by atoms with van der Waals surface area (Å²) in [6.07, 6.45) is 4.94. The standard InChI is InChI=1S/C22H20N2O2S/c1-3-15(2)23-14-16(18-11-7-8-12-19(18)23)13-20-21(25)24(22(26)27-20)17-9-5-4-6-10-17/h4-15H,3H2,1-2H3/b20-13+/t15-/m1/s1. The zero-order valence-electron chi connectivity index (χ0n) is 15.3. The van der Waals surface area contributed by atoms with E-state index in [-0.39, 0.29) is 11.1 Å². The molecule has 2 amide bonds. The highest BCUT2D eigenvalue weighted by Crippen LogP contribution is 2.37. The number of thioether (sulfide) groups is 1. The second kappa shape index (κ2) is 7.08. The van der Waals surface area contributed by atoms with Gasteiger partial charge in [0.2, 0.25) is 0 Å². The van der Waals surface area contributed by atoms with E-state index >= 15 is 0 Å². The Hall–Kier alpha value is -2.79. The molecule has 3 aromatic rings. The summed E-state index contributed by atoms with van der Waals surface area (Å²) >= 11 is 0.993. The second-order valence-corrected chi connectivity index (χ2v) is 7.61. The summed E-state index contributed by atoms with van der Waals surface area (Å²) in [5.74, 6) is -0.267. The Morgan fingerprint density at radius 1 is 1.04 bits per heavy atom. The van der Waals surface area contributed by atoms with Crippen LogP contribution < -0.4 is 4.90 Å². The first-order valence-electron chi connectivity index (χ1n) is 9.02. The Morgan fingerprint density at radius 3 is 2.48 bits per heavy atom. The van der Waals surface area contributed by atoms with Crippen molar-refractivity contribution < 1.29 is 9.59 Å². The number of hydrogen-bond acceptors (Lipinski definition) is 3. The summed E-state index contributed by atoms with van der Waals surface area (Å²) in [5.41, 5.74) is 2.70. The van der Waals surface area contributed by atoms with Gasteiger partial charge in [-0.3, -0.25) is 9.59 Å². The molecule has 2 heterocycles. The first-order valence-corrected chi connectivity index (χ1v) is 9.84. The molecule has 5 heteroatoms. The molecule has 1 aromatic heterocycles. The average Bonchev–Trinajstić information content (AvgIpc) is 3.19. The third-order valence-electron chi connectivity index (χ3n) is 4.93. The minimum Gasteiger partial charge on any atom is -0.344 e. The van der Waals surface area contributed by atoms with Gasteiger partial charge in [0.1, 0.15) is 0 Å². The Kier molecular flexibility index (Phi) is 4.62. The van der Waals surface area contributed by atoms with Crippen LogP contribution in [0.4, 0.5) is 10.5 Å². The van der Waals surface area contributed by atoms with Crippen molar-refractivity contribution in [1.29, 1.82) is 0 Å². The van der Waals surface area contributed by atoms with E-state index in [4.69, 9.17) is 0 Å². The van der Waals surface area contributed by atoms with Gasteiger partial charge in [-0.15, -0.1) is 0 Å². The van der Waals surface area contributed by atoms with E-state index in [9.17, 15) is 9.59 Å². The number of carbonyl (C=O) groups is 2. The number of nitrogens with zero attached hydrogens (tertiary/aromatic N) is 2. The topological polar surface area (TPSA) is 42.3 Å². The van der Waals surface area contributed by atoms with Crippen molar-refractivity contribution in [3.8, 4) is 0 Å². The maximum Gasteiger partial charge on any atom is 0.298 e. The van der Waals surface area contributed by atoms with E-state index in [1.165, 1.54) is 4.90 Å². The molecule has 1 aliphatic heterocycles. The molecule has 0 saturated carbocycles. The summed E-state index contributed by atoms with van der Waals surface area (Å²) < 4.78 is 2.24. The van der Waals surface area contributed by atoms with Crippen LogP contribution in [-0.2, 0) is 4.79 Å². The van der Waals surface area contributed by atoms with Gasteiger partial charge >= 0.3 is 0 Å². The van der Waals surface area contributed by atoms with Gasteiger partial charge in [0.15, 0.2) is 0 Å². The van der Waals surface area contributed by atoms with Gasteiger partial charge in [-0.1, -0.05) is 43.3 Å². The normalized spacial score (nSPS) is 17.3. The zero-order chi connectivity index (χ0) is 19.0. The molecule has 136 valence electrons. The molecule has 4 nitrogen and oxygen atoms in total. The molecule has 0 bridgehead atoms. The maximum atomic E-state index is 12.9. The lowest BCUT2D eigenvalue weighted by molar-refractivity contribution is -0.113. The molecule has 0 spiro atoms. The number of rotatable bonds is 4. The Bertz CT molecular complexity index is 1050. The van der Waals surface area contributed by atoms with E-state index in [1.54, 1.807) is 12.1 Å². The third-order valence-corrected chi connectivity index (χ3v) is 5.80. The molecule has 0 unspecified atom stereocenters.